The van der Waals surface area contributed by atoms with E-state index in [1.54, 1.807) is 0 Å². The summed E-state index contributed by atoms with van der Waals surface area (Å²) in [7, 11) is 0. The van der Waals surface area contributed by atoms with E-state index in [1.807, 2.05) is 4.90 Å². The van der Waals surface area contributed by atoms with Crippen LogP contribution in [0, 0.1) is 13.5 Å². The molecule has 2 aliphatic heterocycles. The normalized spacial score (nSPS) is 19.9. The predicted octanol–water partition coefficient (Wildman–Crippen LogP) is 3.55. The van der Waals surface area contributed by atoms with Gasteiger partial charge in [0.1, 0.15) is 24.5 Å². The predicted molar refractivity (Wildman–Crippen MR) is 126 cm³/mol. The van der Waals surface area contributed by atoms with Crippen LogP contribution in [0.25, 0.3) is 27.0 Å². The number of carbonyl (C=O) groups is 1. The number of aryl methyl sites for hydroxylation is 1. The van der Waals surface area contributed by atoms with Gasteiger partial charge >= 0.3 is 12.3 Å². The number of aromatic nitrogens is 3. The van der Waals surface area contributed by atoms with E-state index in [-0.39, 0.29) is 40.1 Å². The third-order valence-electron chi connectivity index (χ3n) is 6.17. The molecule has 2 saturated heterocycles. The number of ether oxygens (including phenoxy) is 1. The number of halogens is 4. The van der Waals surface area contributed by atoms with E-state index in [0.29, 0.717) is 36.4 Å². The number of nitrogen functional groups attached to an aromatic ring is 1. The van der Waals surface area contributed by atoms with E-state index in [9.17, 15) is 18.0 Å². The molecule has 1 amide bonds. The molecule has 2 aromatic heterocycles. The zero-order valence-electron chi connectivity index (χ0n) is 18.9. The van der Waals surface area contributed by atoms with Crippen molar-refractivity contribution >= 4 is 40.0 Å². The maximum atomic E-state index is 13.9. The third kappa shape index (κ3) is 4.25. The van der Waals surface area contributed by atoms with E-state index in [4.69, 9.17) is 28.6 Å². The minimum atomic E-state index is -4.67. The van der Waals surface area contributed by atoms with Gasteiger partial charge in [-0.25, -0.2) is 21.5 Å². The van der Waals surface area contributed by atoms with Crippen molar-refractivity contribution < 1.29 is 22.7 Å². The number of amides is 1. The second-order valence-corrected chi connectivity index (χ2v) is 8.95. The highest BCUT2D eigenvalue weighted by Gasteiger charge is 2.43. The van der Waals surface area contributed by atoms with Crippen LogP contribution in [0.2, 0.25) is 5.02 Å². The van der Waals surface area contributed by atoms with Crippen LogP contribution >= 0.6 is 11.6 Å². The SMILES string of the molecule is [C-]#[N+]C1CN(c2ncnc3cc(-c4nc(N)cc(C)c4C(F)(F)F)c(Cl)cc23)CCN1C(=O)C1CO1. The number of nitrogens with two attached hydrogens (primary N) is 1. The fraction of sp³-hybridized carbons (Fsp3) is 0.348. The third-order valence-corrected chi connectivity index (χ3v) is 6.49. The van der Waals surface area contributed by atoms with Crippen LogP contribution in [0.5, 0.6) is 0 Å². The van der Waals surface area contributed by atoms with Gasteiger partial charge in [0.15, 0.2) is 6.10 Å². The van der Waals surface area contributed by atoms with Crippen molar-refractivity contribution in [1.29, 1.82) is 0 Å². The molecular weight excluding hydrogens is 499 g/mol. The number of piperazine rings is 1. The molecule has 2 aliphatic rings. The Balaban J connectivity index is 1.55. The average molecular weight is 518 g/mol. The van der Waals surface area contributed by atoms with E-state index >= 15 is 0 Å². The number of anilines is 2. The standard InChI is InChI=1S/C23H19ClF3N7O2/c1-11-5-17(28)32-20(19(11)23(25,26)27)12-7-15-13(6-14(12)24)21(31-10-30-15)33-3-4-34(18(8-33)29-2)22(35)16-9-36-16/h5-7,10,16,18H,3-4,8-9H2,1H3,(H2,28,32). The summed E-state index contributed by atoms with van der Waals surface area (Å²) in [5.41, 5.74) is 4.77. The number of hydrogen-bond acceptors (Lipinski definition) is 7. The lowest BCUT2D eigenvalue weighted by Crippen LogP contribution is -2.55. The molecule has 5 rings (SSSR count). The van der Waals surface area contributed by atoms with Crippen LogP contribution in [0.4, 0.5) is 24.8 Å². The van der Waals surface area contributed by atoms with Crippen LogP contribution in [-0.2, 0) is 15.7 Å². The van der Waals surface area contributed by atoms with Crippen LogP contribution in [0.3, 0.4) is 0 Å². The molecule has 1 aromatic carbocycles. The number of rotatable bonds is 3. The Labute approximate surface area is 208 Å². The number of benzene rings is 1. The molecule has 0 spiro atoms. The molecule has 13 heteroatoms. The summed E-state index contributed by atoms with van der Waals surface area (Å²) in [6, 6.07) is 4.08. The monoisotopic (exact) mass is 517 g/mol. The Kier molecular flexibility index (Phi) is 5.84. The zero-order chi connectivity index (χ0) is 25.8. The molecule has 0 saturated carbocycles. The van der Waals surface area contributed by atoms with Gasteiger partial charge in [-0.1, -0.05) is 11.6 Å². The van der Waals surface area contributed by atoms with Gasteiger partial charge in [-0.3, -0.25) is 14.5 Å². The summed E-state index contributed by atoms with van der Waals surface area (Å²) in [6.45, 7) is 10.1. The smallest absolute Gasteiger partial charge is 0.384 e. The molecule has 3 aromatic rings. The lowest BCUT2D eigenvalue weighted by atomic mass is 9.99. The topological polar surface area (TPSA) is 105 Å². The second kappa shape index (κ2) is 8.76. The molecule has 36 heavy (non-hydrogen) atoms. The first kappa shape index (κ1) is 24.0. The van der Waals surface area contributed by atoms with Crippen LogP contribution < -0.4 is 10.6 Å². The maximum absolute atomic E-state index is 13.9. The van der Waals surface area contributed by atoms with E-state index in [2.05, 4.69) is 19.8 Å². The largest absolute Gasteiger partial charge is 0.418 e. The molecule has 0 bridgehead atoms. The Morgan fingerprint density at radius 2 is 2.03 bits per heavy atom. The van der Waals surface area contributed by atoms with Crippen molar-refractivity contribution in [2.24, 2.45) is 0 Å². The van der Waals surface area contributed by atoms with E-state index in [0.717, 1.165) is 6.07 Å². The van der Waals surface area contributed by atoms with Crippen LogP contribution in [-0.4, -0.2) is 64.3 Å². The summed E-state index contributed by atoms with van der Waals surface area (Å²) < 4.78 is 46.7. The van der Waals surface area contributed by atoms with Crippen molar-refractivity contribution in [3.63, 3.8) is 0 Å². The highest BCUT2D eigenvalue weighted by molar-refractivity contribution is 6.34. The first-order chi connectivity index (χ1) is 17.1. The van der Waals surface area contributed by atoms with Gasteiger partial charge < -0.3 is 15.4 Å². The Hall–Kier alpha value is -3.69. The molecule has 2 N–H and O–H groups in total. The van der Waals surface area contributed by atoms with Gasteiger partial charge in [0.2, 0.25) is 0 Å². The minimum absolute atomic E-state index is 0.0166. The summed E-state index contributed by atoms with van der Waals surface area (Å²) in [6.07, 6.45) is -4.60. The Bertz CT molecular complexity index is 1420. The first-order valence-electron chi connectivity index (χ1n) is 10.9. The van der Waals surface area contributed by atoms with Crippen LogP contribution in [0.15, 0.2) is 24.5 Å². The summed E-state index contributed by atoms with van der Waals surface area (Å²) >= 11 is 6.50. The molecule has 0 aliphatic carbocycles. The summed E-state index contributed by atoms with van der Waals surface area (Å²) in [4.78, 5) is 31.9. The van der Waals surface area contributed by atoms with Crippen molar-refractivity contribution in [3.8, 4) is 11.3 Å². The minimum Gasteiger partial charge on any atom is -0.384 e. The lowest BCUT2D eigenvalue weighted by molar-refractivity contribution is -0.137. The first-order valence-corrected chi connectivity index (χ1v) is 11.3. The maximum Gasteiger partial charge on any atom is 0.418 e. The summed E-state index contributed by atoms with van der Waals surface area (Å²) in [5.74, 6) is 0.190. The Morgan fingerprint density at radius 1 is 1.28 bits per heavy atom. The molecule has 0 radical (unpaired) electrons. The number of carbonyl (C=O) groups excluding carboxylic acids is 1. The fourth-order valence-electron chi connectivity index (χ4n) is 4.45. The quantitative estimate of drug-likeness (QED) is 0.418. The number of alkyl halides is 3. The molecule has 186 valence electrons. The highest BCUT2D eigenvalue weighted by atomic mass is 35.5. The second-order valence-electron chi connectivity index (χ2n) is 8.54. The zero-order valence-corrected chi connectivity index (χ0v) is 19.6. The molecule has 2 atom stereocenters. The van der Waals surface area contributed by atoms with E-state index in [1.165, 1.54) is 30.3 Å². The number of fused-ring (bicyclic) bond motifs is 1. The van der Waals surface area contributed by atoms with Crippen molar-refractivity contribution in [3.05, 3.63) is 52.1 Å². The number of pyridine rings is 1. The molecule has 2 fully saturated rings. The van der Waals surface area contributed by atoms with Crippen molar-refractivity contribution in [1.82, 2.24) is 19.9 Å². The van der Waals surface area contributed by atoms with Gasteiger partial charge in [-0.2, -0.15) is 13.2 Å². The molecule has 2 unspecified atom stereocenters. The average Bonchev–Trinajstić information content (AvgIpc) is 3.66. The van der Waals surface area contributed by atoms with E-state index < -0.39 is 24.0 Å². The van der Waals surface area contributed by atoms with Gasteiger partial charge in [0.25, 0.3) is 5.91 Å². The number of epoxide rings is 1. The fourth-order valence-corrected chi connectivity index (χ4v) is 4.70. The van der Waals surface area contributed by atoms with Gasteiger partial charge in [0.05, 0.1) is 28.4 Å². The van der Waals surface area contributed by atoms with Crippen molar-refractivity contribution in [2.45, 2.75) is 25.4 Å². The number of nitrogens with zero attached hydrogens (tertiary/aromatic N) is 6. The summed E-state index contributed by atoms with van der Waals surface area (Å²) in [5, 5.41) is 0.512. The Morgan fingerprint density at radius 3 is 2.69 bits per heavy atom. The van der Waals surface area contributed by atoms with Crippen molar-refractivity contribution in [2.75, 3.05) is 36.9 Å². The van der Waals surface area contributed by atoms with Gasteiger partial charge in [-0.15, -0.1) is 0 Å². The molecular formula is C23H19ClF3N7O2. The lowest BCUT2D eigenvalue weighted by Gasteiger charge is -2.35. The number of hydrogen-bond donors (Lipinski definition) is 1. The molecule has 4 heterocycles. The van der Waals surface area contributed by atoms with Gasteiger partial charge in [-0.05, 0) is 30.7 Å². The van der Waals surface area contributed by atoms with Gasteiger partial charge in [0, 0.05) is 24.0 Å². The molecule has 9 nitrogen and oxygen atoms in total. The highest BCUT2D eigenvalue weighted by Crippen LogP contribution is 2.42. The van der Waals surface area contributed by atoms with Crippen LogP contribution in [0.1, 0.15) is 11.1 Å².